The van der Waals surface area contributed by atoms with Crippen LogP contribution in [0.1, 0.15) is 341 Å². The summed E-state index contributed by atoms with van der Waals surface area (Å²) in [6.07, 6.45) is 71.1. The lowest BCUT2D eigenvalue weighted by atomic mass is 9.99. The van der Waals surface area contributed by atoms with Crippen LogP contribution >= 0.6 is 0 Å². The highest BCUT2D eigenvalue weighted by molar-refractivity contribution is 5.76. The smallest absolute Gasteiger partial charge is 0.305 e. The molecule has 84 heavy (non-hydrogen) atoms. The normalized spacial score (nSPS) is 18.3. The number of carbonyl (C=O) groups is 2. The average Bonchev–Trinajstić information content (AvgIpc) is 3.67. The second-order valence-corrected chi connectivity index (χ2v) is 24.9. The summed E-state index contributed by atoms with van der Waals surface area (Å²) in [5.74, 6) is -0.189. The maximum Gasteiger partial charge on any atom is 0.305 e. The molecule has 1 fully saturated rings. The zero-order valence-corrected chi connectivity index (χ0v) is 54.6. The molecule has 492 valence electrons. The fourth-order valence-electron chi connectivity index (χ4n) is 11.2. The number of aliphatic hydroxyl groups excluding tert-OH is 5. The van der Waals surface area contributed by atoms with Gasteiger partial charge in [-0.05, 0) is 89.9 Å². The van der Waals surface area contributed by atoms with Gasteiger partial charge < -0.3 is 45.1 Å². The zero-order valence-electron chi connectivity index (χ0n) is 54.6. The Morgan fingerprint density at radius 3 is 1.21 bits per heavy atom. The molecule has 1 aliphatic rings. The van der Waals surface area contributed by atoms with Crippen LogP contribution in [-0.4, -0.2) is 100 Å². The molecule has 1 rings (SSSR count). The van der Waals surface area contributed by atoms with E-state index in [0.717, 1.165) is 57.8 Å². The van der Waals surface area contributed by atoms with Gasteiger partial charge in [-0.25, -0.2) is 0 Å². The molecular weight excluding hydrogens is 1050 g/mol. The van der Waals surface area contributed by atoms with E-state index in [-0.39, 0.29) is 18.5 Å². The first kappa shape index (κ1) is 79.6. The van der Waals surface area contributed by atoms with Crippen LogP contribution in [0.25, 0.3) is 0 Å². The van der Waals surface area contributed by atoms with Crippen molar-refractivity contribution in [3.05, 3.63) is 48.6 Å². The number of aliphatic hydroxyl groups is 5. The van der Waals surface area contributed by atoms with Gasteiger partial charge in [-0.2, -0.15) is 0 Å². The molecular formula is C73H135NO10. The minimum atomic E-state index is -1.58. The van der Waals surface area contributed by atoms with Gasteiger partial charge in [0, 0.05) is 12.8 Å². The Morgan fingerprint density at radius 1 is 0.429 bits per heavy atom. The van der Waals surface area contributed by atoms with Crippen LogP contribution in [0.2, 0.25) is 0 Å². The Hall–Kier alpha value is -2.38. The van der Waals surface area contributed by atoms with E-state index in [0.29, 0.717) is 19.4 Å². The largest absolute Gasteiger partial charge is 0.466 e. The summed E-state index contributed by atoms with van der Waals surface area (Å²) < 4.78 is 16.7. The summed E-state index contributed by atoms with van der Waals surface area (Å²) in [6.45, 7) is 4.31. The summed E-state index contributed by atoms with van der Waals surface area (Å²) >= 11 is 0. The molecule has 7 atom stereocenters. The van der Waals surface area contributed by atoms with Crippen molar-refractivity contribution >= 4 is 11.9 Å². The Labute approximate surface area is 516 Å². The number of allylic oxidation sites excluding steroid dienone is 7. The molecule has 0 aromatic heterocycles. The van der Waals surface area contributed by atoms with Crippen molar-refractivity contribution in [2.24, 2.45) is 0 Å². The van der Waals surface area contributed by atoms with Gasteiger partial charge in [0.2, 0.25) is 5.91 Å². The van der Waals surface area contributed by atoms with Crippen molar-refractivity contribution in [2.75, 3.05) is 19.8 Å². The first-order valence-corrected chi connectivity index (χ1v) is 35.9. The van der Waals surface area contributed by atoms with Crippen molar-refractivity contribution in [3.63, 3.8) is 0 Å². The molecule has 7 unspecified atom stereocenters. The van der Waals surface area contributed by atoms with Crippen LogP contribution in [0.4, 0.5) is 0 Å². The molecule has 1 amide bonds. The van der Waals surface area contributed by atoms with E-state index < -0.39 is 49.5 Å². The second kappa shape index (κ2) is 62.2. The van der Waals surface area contributed by atoms with Gasteiger partial charge in [0.05, 0.1) is 32.0 Å². The number of rotatable bonds is 63. The minimum absolute atomic E-state index is 0.000771. The average molecular weight is 1190 g/mol. The van der Waals surface area contributed by atoms with E-state index in [9.17, 15) is 35.1 Å². The molecule has 1 heterocycles. The third-order valence-corrected chi connectivity index (χ3v) is 16.9. The van der Waals surface area contributed by atoms with Gasteiger partial charge >= 0.3 is 5.97 Å². The highest BCUT2D eigenvalue weighted by Gasteiger charge is 2.44. The van der Waals surface area contributed by atoms with Crippen molar-refractivity contribution < 1.29 is 49.3 Å². The molecule has 0 aromatic carbocycles. The summed E-state index contributed by atoms with van der Waals surface area (Å²) in [5.41, 5.74) is 0. The third-order valence-electron chi connectivity index (χ3n) is 16.9. The maximum atomic E-state index is 13.1. The first-order chi connectivity index (χ1) is 41.2. The lowest BCUT2D eigenvalue weighted by molar-refractivity contribution is -0.302. The maximum absolute atomic E-state index is 13.1. The van der Waals surface area contributed by atoms with Crippen LogP contribution in [0, 0.1) is 0 Å². The second-order valence-electron chi connectivity index (χ2n) is 24.9. The zero-order chi connectivity index (χ0) is 60.9. The van der Waals surface area contributed by atoms with Gasteiger partial charge in [-0.15, -0.1) is 0 Å². The molecule has 0 aromatic rings. The van der Waals surface area contributed by atoms with Gasteiger partial charge in [-0.1, -0.05) is 287 Å². The van der Waals surface area contributed by atoms with E-state index >= 15 is 0 Å². The summed E-state index contributed by atoms with van der Waals surface area (Å²) in [7, 11) is 0. The molecule has 6 N–H and O–H groups in total. The van der Waals surface area contributed by atoms with Crippen molar-refractivity contribution in [1.82, 2.24) is 5.32 Å². The van der Waals surface area contributed by atoms with Crippen LogP contribution in [0.5, 0.6) is 0 Å². The number of esters is 1. The fourth-order valence-corrected chi connectivity index (χ4v) is 11.2. The van der Waals surface area contributed by atoms with Crippen LogP contribution in [0.3, 0.4) is 0 Å². The van der Waals surface area contributed by atoms with Gasteiger partial charge in [-0.3, -0.25) is 9.59 Å². The Kier molecular flexibility index (Phi) is 59.0. The molecule has 0 saturated carbocycles. The predicted molar refractivity (Wildman–Crippen MR) is 352 cm³/mol. The molecule has 11 nitrogen and oxygen atoms in total. The van der Waals surface area contributed by atoms with E-state index in [2.05, 4.69) is 55.6 Å². The van der Waals surface area contributed by atoms with Crippen molar-refractivity contribution in [2.45, 2.75) is 384 Å². The van der Waals surface area contributed by atoms with Gasteiger partial charge in [0.15, 0.2) is 6.29 Å². The number of ether oxygens (including phenoxy) is 3. The summed E-state index contributed by atoms with van der Waals surface area (Å²) in [5, 5.41) is 54.5. The molecule has 0 spiro atoms. The quantitative estimate of drug-likeness (QED) is 0.0195. The van der Waals surface area contributed by atoms with E-state index in [1.807, 2.05) is 6.08 Å². The summed E-state index contributed by atoms with van der Waals surface area (Å²) in [6, 6.07) is -0.826. The predicted octanol–water partition coefficient (Wildman–Crippen LogP) is 18.4. The molecule has 0 aliphatic carbocycles. The van der Waals surface area contributed by atoms with Gasteiger partial charge in [0.25, 0.3) is 0 Å². The van der Waals surface area contributed by atoms with E-state index in [1.165, 1.54) is 257 Å². The number of hydrogen-bond acceptors (Lipinski definition) is 10. The number of amides is 1. The van der Waals surface area contributed by atoms with Crippen LogP contribution < -0.4 is 5.32 Å². The Bertz CT molecular complexity index is 1530. The number of carbonyl (C=O) groups excluding carboxylic acids is 2. The van der Waals surface area contributed by atoms with Crippen molar-refractivity contribution in [1.29, 1.82) is 0 Å². The highest BCUT2D eigenvalue weighted by atomic mass is 16.7. The lowest BCUT2D eigenvalue weighted by Gasteiger charge is -2.40. The first-order valence-electron chi connectivity index (χ1n) is 35.9. The molecule has 11 heteroatoms. The topological polar surface area (TPSA) is 175 Å². The SMILES string of the molecule is CCCC/C=C\CCCCCCCC(=O)OCCCCCCCCCCCCCC/C=C\CCCCCCCCCCCCCCCCCCC(=O)NC(COC1OC(CO)C(O)C(O)C1O)C(O)/C=C/CC/C=C/CCCCCCCCC. The van der Waals surface area contributed by atoms with Crippen LogP contribution in [-0.2, 0) is 23.8 Å². The number of nitrogens with one attached hydrogen (secondary N) is 1. The Morgan fingerprint density at radius 2 is 0.786 bits per heavy atom. The van der Waals surface area contributed by atoms with E-state index in [1.54, 1.807) is 6.08 Å². The van der Waals surface area contributed by atoms with Crippen molar-refractivity contribution in [3.8, 4) is 0 Å². The fraction of sp³-hybridized carbons (Fsp3) is 0.863. The third kappa shape index (κ3) is 50.6. The van der Waals surface area contributed by atoms with E-state index in [4.69, 9.17) is 14.2 Å². The highest BCUT2D eigenvalue weighted by Crippen LogP contribution is 2.23. The number of unbranched alkanes of at least 4 members (excludes halogenated alkanes) is 43. The summed E-state index contributed by atoms with van der Waals surface area (Å²) in [4.78, 5) is 25.1. The van der Waals surface area contributed by atoms with Gasteiger partial charge in [0.1, 0.15) is 24.4 Å². The molecule has 0 bridgehead atoms. The number of hydrogen-bond donors (Lipinski definition) is 6. The van der Waals surface area contributed by atoms with Crippen LogP contribution in [0.15, 0.2) is 48.6 Å². The molecule has 1 aliphatic heterocycles. The standard InChI is InChI=1S/C73H135NO10/c1-3-5-7-9-11-13-15-36-40-43-47-51-55-59-66(76)65(64-83-73-72(81)71(80)70(79)67(63-75)84-73)74-68(77)60-56-52-48-44-41-37-34-32-30-28-26-24-22-20-18-16-17-19-21-23-25-27-29-31-33-35-38-42-46-50-54-58-62-82-69(78)61-57-53-49-45-39-14-12-10-8-6-4-2/h10,12,19,21,40,43,55,59,65-67,70-73,75-76,79-81H,3-9,11,13-18,20,22-39,41-42,44-54,56-58,60-64H2,1-2H3,(H,74,77)/b12-10-,21-19-,43-40+,59-55+. The molecule has 0 radical (unpaired) electrons. The minimum Gasteiger partial charge on any atom is -0.466 e. The lowest BCUT2D eigenvalue weighted by Crippen LogP contribution is -2.60. The Balaban J connectivity index is 1.96. The monoisotopic (exact) mass is 1190 g/mol. The molecule has 1 saturated heterocycles.